The molecule has 15 rings (SSSR count). The van der Waals surface area contributed by atoms with Crippen molar-refractivity contribution in [3.8, 4) is 16.9 Å². The number of nitrogens with one attached hydrogen (secondary N) is 4. The summed E-state index contributed by atoms with van der Waals surface area (Å²) in [5, 5.41) is 38.3. The van der Waals surface area contributed by atoms with Crippen LogP contribution in [-0.2, 0) is 38.4 Å². The third kappa shape index (κ3) is 9.69. The summed E-state index contributed by atoms with van der Waals surface area (Å²) in [4.78, 5) is 30.5. The molecule has 0 aromatic heterocycles. The summed E-state index contributed by atoms with van der Waals surface area (Å²) in [6.07, 6.45) is 20.8. The first kappa shape index (κ1) is 52.7. The Labute approximate surface area is 468 Å². The topological polar surface area (TPSA) is 141 Å². The second-order valence-electron chi connectivity index (χ2n) is 25.4. The number of esters is 2. The van der Waals surface area contributed by atoms with Crippen molar-refractivity contribution in [2.45, 2.75) is 141 Å². The number of aliphatic hydroxyl groups excluding tert-OH is 1. The van der Waals surface area contributed by atoms with Crippen molar-refractivity contribution in [1.82, 2.24) is 21.3 Å². The number of aliphatic hydroxyl groups is 1. The third-order valence-electron chi connectivity index (χ3n) is 21.3. The van der Waals surface area contributed by atoms with Gasteiger partial charge >= 0.3 is 11.9 Å². The van der Waals surface area contributed by atoms with Gasteiger partial charge in [0.1, 0.15) is 17.3 Å². The summed E-state index contributed by atoms with van der Waals surface area (Å²) in [5.74, 6) is 1.96. The van der Waals surface area contributed by atoms with Crippen molar-refractivity contribution < 1.29 is 29.3 Å². The fourth-order valence-corrected chi connectivity index (χ4v) is 17.4. The van der Waals surface area contributed by atoms with Gasteiger partial charge in [0, 0.05) is 36.2 Å². The minimum atomic E-state index is -0.882. The van der Waals surface area contributed by atoms with Crippen LogP contribution >= 0.6 is 0 Å². The van der Waals surface area contributed by atoms with E-state index in [1.165, 1.54) is 29.5 Å². The molecule has 6 N–H and O–H groups in total. The number of fused-ring (bicyclic) bond motifs is 5. The summed E-state index contributed by atoms with van der Waals surface area (Å²) in [7, 11) is 2.07. The molecule has 10 nitrogen and oxygen atoms in total. The van der Waals surface area contributed by atoms with E-state index in [1.807, 2.05) is 12.1 Å². The van der Waals surface area contributed by atoms with Crippen molar-refractivity contribution >= 4 is 17.5 Å². The second kappa shape index (κ2) is 22.0. The number of ether oxygens (including phenoxy) is 2. The fourth-order valence-electron chi connectivity index (χ4n) is 17.4. The molecule has 5 fully saturated rings. The van der Waals surface area contributed by atoms with Crippen LogP contribution in [0.5, 0.6) is 5.75 Å². The van der Waals surface area contributed by atoms with Gasteiger partial charge in [-0.3, -0.25) is 0 Å². The smallest absolute Gasteiger partial charge is 0.340 e. The summed E-state index contributed by atoms with van der Waals surface area (Å²) in [6.45, 7) is 5.25. The predicted octanol–water partition coefficient (Wildman–Crippen LogP) is 11.9. The molecule has 11 unspecified atom stereocenters. The Balaban J connectivity index is 0.957. The molecule has 414 valence electrons. The van der Waals surface area contributed by atoms with Crippen molar-refractivity contribution in [3.05, 3.63) is 165 Å². The van der Waals surface area contributed by atoms with Crippen LogP contribution in [0, 0.1) is 52.3 Å². The molecule has 4 aromatic carbocycles. The molecule has 4 aromatic rings. The minimum absolute atomic E-state index is 0.0296. The number of hydrogen-bond donors (Lipinski definition) is 6. The Morgan fingerprint density at radius 3 is 2.52 bits per heavy atom. The zero-order chi connectivity index (χ0) is 53.8. The van der Waals surface area contributed by atoms with Crippen molar-refractivity contribution in [2.24, 2.45) is 52.3 Å². The van der Waals surface area contributed by atoms with Crippen LogP contribution in [-0.4, -0.2) is 61.1 Å². The molecule has 5 heterocycles. The van der Waals surface area contributed by atoms with Gasteiger partial charge in [-0.05, 0) is 232 Å². The van der Waals surface area contributed by atoms with E-state index < -0.39 is 5.41 Å². The lowest BCUT2D eigenvalue weighted by Crippen LogP contribution is -2.52. The van der Waals surface area contributed by atoms with Crippen LogP contribution in [0.25, 0.3) is 16.7 Å². The molecule has 79 heavy (non-hydrogen) atoms. The highest BCUT2D eigenvalue weighted by Crippen LogP contribution is 2.72. The SMILES string of the molecule is CCC(C=C1OC(=O)C2=C3c4cc(O)ccc4-c4cccc(c4)CNCCc4cccc(c4)C(NCC(O)C4CCCC4)C4CCC(C5CCNC(NC)C5)(CC=C5OC(=O)C6=C5CCC5C3CCC12C65)C4)Cc1ccccc1. The molecule has 11 atom stereocenters. The Hall–Kier alpha value is -5.62. The largest absolute Gasteiger partial charge is 0.508 e. The predicted molar refractivity (Wildman–Crippen MR) is 310 cm³/mol. The maximum atomic E-state index is 15.3. The van der Waals surface area contributed by atoms with Gasteiger partial charge in [-0.15, -0.1) is 0 Å². The molecular weight excluding hydrogens is 981 g/mol. The number of carbonyl (C=O) groups is 2. The maximum Gasteiger partial charge on any atom is 0.340 e. The van der Waals surface area contributed by atoms with E-state index in [0.29, 0.717) is 48.6 Å². The molecule has 6 aliphatic carbocycles. The number of phenolic OH excluding ortho intramolecular Hbond substituents is 1. The lowest BCUT2D eigenvalue weighted by molar-refractivity contribution is -0.135. The quantitative estimate of drug-likeness (QED) is 0.0851. The number of piperidine rings is 1. The first-order chi connectivity index (χ1) is 38.6. The Kier molecular flexibility index (Phi) is 14.7. The first-order valence-electron chi connectivity index (χ1n) is 30.6. The minimum Gasteiger partial charge on any atom is -0.508 e. The van der Waals surface area contributed by atoms with Crippen LogP contribution in [0.15, 0.2) is 137 Å². The van der Waals surface area contributed by atoms with Crippen LogP contribution in [0.4, 0.5) is 0 Å². The highest BCUT2D eigenvalue weighted by molar-refractivity contribution is 6.07. The number of allylic oxidation sites excluding steroid dienone is 5. The van der Waals surface area contributed by atoms with E-state index in [9.17, 15) is 10.2 Å². The zero-order valence-electron chi connectivity index (χ0n) is 46.5. The van der Waals surface area contributed by atoms with Crippen molar-refractivity contribution in [3.63, 3.8) is 0 Å². The average molecular weight is 1060 g/mol. The number of phenols is 1. The number of rotatable bonds is 10. The molecular formula is C69H82N4O6. The monoisotopic (exact) mass is 1060 g/mol. The maximum absolute atomic E-state index is 15.3. The Morgan fingerprint density at radius 2 is 1.67 bits per heavy atom. The molecule has 0 radical (unpaired) electrons. The van der Waals surface area contributed by atoms with Gasteiger partial charge in [0.25, 0.3) is 0 Å². The number of hydrogen-bond acceptors (Lipinski definition) is 10. The highest BCUT2D eigenvalue weighted by atomic mass is 16.6. The molecule has 2 saturated heterocycles. The Morgan fingerprint density at radius 1 is 0.823 bits per heavy atom. The van der Waals surface area contributed by atoms with E-state index in [-0.39, 0.29) is 65.1 Å². The van der Waals surface area contributed by atoms with E-state index in [1.54, 1.807) is 6.07 Å². The lowest BCUT2D eigenvalue weighted by Gasteiger charge is -2.56. The van der Waals surface area contributed by atoms with E-state index in [4.69, 9.17) is 9.47 Å². The second-order valence-corrected chi connectivity index (χ2v) is 25.4. The standard InChI is InChI=1S/C69H82N4O6/c1-3-42(33-43-11-5-4-6-12-43)36-59-69-30-24-53-54-21-22-55-58(78-66(76)62(55)63(54)69)25-29-68(50-27-32-72-60(37-50)70-2)28-23-49(39-68)65(73-41-57(75)46-15-7-8-16-46)48-18-9-13-44(34-48)26-31-71-40-45-14-10-17-47(35-45)52-20-19-51(74)38-56(52)61(53)64(69)67(77)79-59/h4-6,9-14,17-20,25,34-36,38,42,46,49-50,53-54,57,60,63,65,70-75H,3,7-8,15-16,21-24,26-33,37,39-41H2,1-2H3. The zero-order valence-corrected chi connectivity index (χ0v) is 46.5. The molecule has 14 bridgehead atoms. The van der Waals surface area contributed by atoms with Gasteiger partial charge < -0.3 is 41.0 Å². The van der Waals surface area contributed by atoms with Crippen LogP contribution in [0.1, 0.15) is 137 Å². The van der Waals surface area contributed by atoms with Crippen molar-refractivity contribution in [2.75, 3.05) is 26.7 Å². The van der Waals surface area contributed by atoms with Gasteiger partial charge in [-0.1, -0.05) is 98.6 Å². The normalized spacial score (nSPS) is 31.9. The van der Waals surface area contributed by atoms with Gasteiger partial charge in [-0.25, -0.2) is 9.59 Å². The van der Waals surface area contributed by atoms with Gasteiger partial charge in [-0.2, -0.15) is 0 Å². The number of cyclic esters (lactones) is 1. The molecule has 10 heteroatoms. The lowest BCUT2D eigenvalue weighted by atomic mass is 9.44. The summed E-state index contributed by atoms with van der Waals surface area (Å²) in [6, 6.07) is 34.3. The van der Waals surface area contributed by atoms with Crippen LogP contribution in [0.3, 0.4) is 0 Å². The summed E-state index contributed by atoms with van der Waals surface area (Å²) < 4.78 is 13.4. The van der Waals surface area contributed by atoms with Gasteiger partial charge in [0.2, 0.25) is 0 Å². The molecule has 5 aliphatic heterocycles. The van der Waals surface area contributed by atoms with Crippen LogP contribution in [0.2, 0.25) is 0 Å². The number of benzene rings is 4. The summed E-state index contributed by atoms with van der Waals surface area (Å²) in [5.41, 5.74) is 10.4. The third-order valence-corrected chi connectivity index (χ3v) is 21.3. The fraction of sp³-hybridized carbons (Fsp3) is 0.507. The Bertz CT molecular complexity index is 3100. The molecule has 11 aliphatic rings. The molecule has 1 spiro atoms. The van der Waals surface area contributed by atoms with Gasteiger partial charge in [0.05, 0.1) is 23.3 Å². The summed E-state index contributed by atoms with van der Waals surface area (Å²) >= 11 is 0. The average Bonchev–Trinajstić information content (AvgIpc) is 2.69. The number of carbonyl (C=O) groups excluding carboxylic acids is 2. The first-order valence-corrected chi connectivity index (χ1v) is 30.6. The van der Waals surface area contributed by atoms with E-state index in [0.717, 1.165) is 148 Å². The van der Waals surface area contributed by atoms with Gasteiger partial charge in [0.15, 0.2) is 0 Å². The molecule has 0 amide bonds. The van der Waals surface area contributed by atoms with E-state index in [2.05, 4.69) is 126 Å². The molecule has 3 saturated carbocycles. The van der Waals surface area contributed by atoms with Crippen LogP contribution < -0.4 is 21.3 Å². The van der Waals surface area contributed by atoms with E-state index >= 15 is 9.59 Å². The highest BCUT2D eigenvalue weighted by Gasteiger charge is 2.68. The van der Waals surface area contributed by atoms with Crippen molar-refractivity contribution in [1.29, 1.82) is 0 Å². The number of aromatic hydroxyl groups is 1.